The maximum absolute atomic E-state index is 12.8. The van der Waals surface area contributed by atoms with Crippen molar-refractivity contribution in [3.05, 3.63) is 65.2 Å². The highest BCUT2D eigenvalue weighted by Crippen LogP contribution is 2.17. The number of halogens is 1. The second-order valence-corrected chi connectivity index (χ2v) is 9.65. The third-order valence-corrected chi connectivity index (χ3v) is 5.85. The fourth-order valence-corrected chi connectivity index (χ4v) is 4.53. The molecule has 166 valence electrons. The van der Waals surface area contributed by atoms with E-state index in [9.17, 15) is 8.42 Å². The van der Waals surface area contributed by atoms with Gasteiger partial charge in [-0.25, -0.2) is 18.1 Å². The lowest BCUT2D eigenvalue weighted by atomic mass is 10.1. The van der Waals surface area contributed by atoms with E-state index in [0.717, 1.165) is 5.56 Å². The second-order valence-electron chi connectivity index (χ2n) is 8.00. The molecule has 0 aliphatic rings. The maximum Gasteiger partial charge on any atom is 0.241 e. The van der Waals surface area contributed by atoms with Crippen LogP contribution in [0.4, 0.5) is 0 Å². The number of aliphatic imine (C=N–C) groups is 1. The molecule has 0 radical (unpaired) electrons. The van der Waals surface area contributed by atoms with Gasteiger partial charge in [0.15, 0.2) is 5.96 Å². The van der Waals surface area contributed by atoms with Gasteiger partial charge in [-0.15, -0.1) is 24.0 Å². The molecule has 0 aliphatic carbocycles. The van der Waals surface area contributed by atoms with Crippen LogP contribution in [0.1, 0.15) is 44.4 Å². The molecule has 0 fully saturated rings. The highest BCUT2D eigenvalue weighted by atomic mass is 127. The minimum Gasteiger partial charge on any atom is -0.357 e. The summed E-state index contributed by atoms with van der Waals surface area (Å²) in [5, 5.41) is 6.45. The van der Waals surface area contributed by atoms with E-state index in [2.05, 4.69) is 39.4 Å². The zero-order valence-corrected chi connectivity index (χ0v) is 21.5. The third-order valence-electron chi connectivity index (χ3n) is 4.00. The lowest BCUT2D eigenvalue weighted by Gasteiger charge is -2.22. The van der Waals surface area contributed by atoms with Gasteiger partial charge in [-0.1, -0.05) is 48.0 Å². The molecule has 0 aromatic heterocycles. The number of hydrogen-bond donors (Lipinski definition) is 3. The van der Waals surface area contributed by atoms with Gasteiger partial charge in [0.1, 0.15) is 0 Å². The summed E-state index contributed by atoms with van der Waals surface area (Å²) in [4.78, 5) is 4.90. The first-order valence-corrected chi connectivity index (χ1v) is 11.3. The number of aryl methyl sites for hydroxylation is 1. The first kappa shape index (κ1) is 26.4. The average molecular weight is 545 g/mol. The molecule has 3 N–H and O–H groups in total. The fraction of sp³-hybridized carbons (Fsp3) is 0.409. The lowest BCUT2D eigenvalue weighted by Crippen LogP contribution is -2.41. The number of nitrogens with one attached hydrogen (secondary N) is 3. The maximum atomic E-state index is 12.8. The van der Waals surface area contributed by atoms with Crippen LogP contribution in [0.25, 0.3) is 0 Å². The van der Waals surface area contributed by atoms with Crippen molar-refractivity contribution in [2.45, 2.75) is 58.1 Å². The van der Waals surface area contributed by atoms with Crippen LogP contribution in [0.3, 0.4) is 0 Å². The van der Waals surface area contributed by atoms with Gasteiger partial charge in [-0.05, 0) is 51.8 Å². The molecule has 8 heteroatoms. The molecule has 2 aromatic carbocycles. The number of rotatable bonds is 7. The Hall–Kier alpha value is -1.65. The van der Waals surface area contributed by atoms with Crippen molar-refractivity contribution in [3.63, 3.8) is 0 Å². The molecule has 2 aromatic rings. The summed E-state index contributed by atoms with van der Waals surface area (Å²) < 4.78 is 28.3. The molecule has 0 bridgehead atoms. The number of nitrogens with zero attached hydrogens (tertiary/aromatic N) is 1. The van der Waals surface area contributed by atoms with Crippen molar-refractivity contribution >= 4 is 40.0 Å². The molecule has 0 saturated heterocycles. The van der Waals surface area contributed by atoms with Crippen LogP contribution in [0.5, 0.6) is 0 Å². The van der Waals surface area contributed by atoms with Gasteiger partial charge in [0.05, 0.1) is 11.4 Å². The van der Waals surface area contributed by atoms with Crippen molar-refractivity contribution in [1.82, 2.24) is 15.4 Å². The van der Waals surface area contributed by atoms with Gasteiger partial charge in [0.25, 0.3) is 0 Å². The van der Waals surface area contributed by atoms with E-state index in [-0.39, 0.29) is 28.9 Å². The molecule has 2 rings (SSSR count). The van der Waals surface area contributed by atoms with Crippen molar-refractivity contribution in [3.8, 4) is 0 Å². The standard InChI is InChI=1S/C22H32N4O2S.HI/c1-6-23-21(24-15-18-11-9-10-17(2)14-18)25-16-19-12-7-8-13-20(19)29(27,28)26-22(3,4)5;/h7-14,26H,6,15-16H2,1-5H3,(H2,23,24,25);1H. The van der Waals surface area contributed by atoms with Crippen molar-refractivity contribution in [2.75, 3.05) is 6.54 Å². The summed E-state index contributed by atoms with van der Waals surface area (Å²) in [6.07, 6.45) is 0. The Morgan fingerprint density at radius 3 is 2.37 bits per heavy atom. The Labute approximate surface area is 198 Å². The molecule has 6 nitrogen and oxygen atoms in total. The first-order valence-electron chi connectivity index (χ1n) is 9.80. The number of sulfonamides is 1. The molecule has 0 saturated carbocycles. The zero-order valence-electron chi connectivity index (χ0n) is 18.3. The Morgan fingerprint density at radius 2 is 1.73 bits per heavy atom. The SMILES string of the molecule is CCNC(=NCc1cccc(C)c1)NCc1ccccc1S(=O)(=O)NC(C)(C)C.I. The van der Waals surface area contributed by atoms with Gasteiger partial charge in [-0.3, -0.25) is 0 Å². The minimum atomic E-state index is -3.62. The van der Waals surface area contributed by atoms with E-state index < -0.39 is 15.6 Å². The van der Waals surface area contributed by atoms with Crippen molar-refractivity contribution < 1.29 is 8.42 Å². The highest BCUT2D eigenvalue weighted by molar-refractivity contribution is 14.0. The zero-order chi connectivity index (χ0) is 21.5. The summed E-state index contributed by atoms with van der Waals surface area (Å²) in [5.74, 6) is 0.644. The second kappa shape index (κ2) is 11.7. The van der Waals surface area contributed by atoms with Crippen LogP contribution < -0.4 is 15.4 Å². The van der Waals surface area contributed by atoms with E-state index in [1.54, 1.807) is 12.1 Å². The van der Waals surface area contributed by atoms with Crippen molar-refractivity contribution in [1.29, 1.82) is 0 Å². The molecule has 0 atom stereocenters. The summed E-state index contributed by atoms with van der Waals surface area (Å²) >= 11 is 0. The molecule has 0 aliphatic heterocycles. The number of benzene rings is 2. The van der Waals surface area contributed by atoms with Crippen LogP contribution in [0.15, 0.2) is 58.4 Å². The summed E-state index contributed by atoms with van der Waals surface area (Å²) in [6, 6.07) is 15.2. The summed E-state index contributed by atoms with van der Waals surface area (Å²) in [7, 11) is -3.62. The first-order chi connectivity index (χ1) is 13.6. The normalized spacial score (nSPS) is 12.2. The Morgan fingerprint density at radius 1 is 1.03 bits per heavy atom. The van der Waals surface area contributed by atoms with E-state index in [1.165, 1.54) is 5.56 Å². The Bertz CT molecular complexity index is 954. The lowest BCUT2D eigenvalue weighted by molar-refractivity contribution is 0.491. The molecule has 0 spiro atoms. The van der Waals surface area contributed by atoms with Crippen LogP contribution in [-0.2, 0) is 23.1 Å². The van der Waals surface area contributed by atoms with E-state index >= 15 is 0 Å². The fourth-order valence-electron chi connectivity index (χ4n) is 2.87. The smallest absolute Gasteiger partial charge is 0.241 e. The van der Waals surface area contributed by atoms with Crippen LogP contribution in [-0.4, -0.2) is 26.5 Å². The van der Waals surface area contributed by atoms with E-state index in [1.807, 2.05) is 52.0 Å². The van der Waals surface area contributed by atoms with Crippen LogP contribution in [0.2, 0.25) is 0 Å². The molecular weight excluding hydrogens is 511 g/mol. The molecular formula is C22H33IN4O2S. The highest BCUT2D eigenvalue weighted by Gasteiger charge is 2.24. The summed E-state index contributed by atoms with van der Waals surface area (Å²) in [5.41, 5.74) is 2.45. The van der Waals surface area contributed by atoms with Gasteiger partial charge in [0, 0.05) is 18.6 Å². The van der Waals surface area contributed by atoms with Gasteiger partial charge in [0.2, 0.25) is 10.0 Å². The predicted molar refractivity (Wildman–Crippen MR) is 135 cm³/mol. The van der Waals surface area contributed by atoms with Crippen LogP contribution in [0, 0.1) is 6.92 Å². The van der Waals surface area contributed by atoms with Gasteiger partial charge < -0.3 is 10.6 Å². The predicted octanol–water partition coefficient (Wildman–Crippen LogP) is 3.95. The van der Waals surface area contributed by atoms with Crippen molar-refractivity contribution in [2.24, 2.45) is 4.99 Å². The summed E-state index contributed by atoms with van der Waals surface area (Å²) in [6.45, 7) is 11.1. The van der Waals surface area contributed by atoms with Gasteiger partial charge in [-0.2, -0.15) is 0 Å². The van der Waals surface area contributed by atoms with E-state index in [4.69, 9.17) is 0 Å². The van der Waals surface area contributed by atoms with E-state index in [0.29, 0.717) is 31.2 Å². The number of hydrogen-bond acceptors (Lipinski definition) is 3. The van der Waals surface area contributed by atoms with Crippen LogP contribution >= 0.6 is 24.0 Å². The molecule has 0 amide bonds. The van der Waals surface area contributed by atoms with Gasteiger partial charge >= 0.3 is 0 Å². The minimum absolute atomic E-state index is 0. The molecule has 0 unspecified atom stereocenters. The monoisotopic (exact) mass is 544 g/mol. The molecule has 30 heavy (non-hydrogen) atoms. The quantitative estimate of drug-likeness (QED) is 0.280. The molecule has 0 heterocycles. The largest absolute Gasteiger partial charge is 0.357 e. The number of guanidine groups is 1. The third kappa shape index (κ3) is 8.61. The average Bonchev–Trinajstić information content (AvgIpc) is 2.62. The Kier molecular flexibility index (Phi) is 10.3. The Balaban J connectivity index is 0.00000450. The topological polar surface area (TPSA) is 82.6 Å².